The molecule has 0 amide bonds. The van der Waals surface area contributed by atoms with Crippen LogP contribution in [0.2, 0.25) is 0 Å². The van der Waals surface area contributed by atoms with Crippen molar-refractivity contribution in [3.63, 3.8) is 0 Å². The van der Waals surface area contributed by atoms with Crippen LogP contribution >= 0.6 is 11.9 Å². The Hall–Kier alpha value is 0.270. The van der Waals surface area contributed by atoms with Gasteiger partial charge in [-0.15, -0.1) is 0 Å². The normalized spacial score (nSPS) is 28.8. The lowest BCUT2D eigenvalue weighted by atomic mass is 10.3. The summed E-state index contributed by atoms with van der Waals surface area (Å²) in [7, 11) is 1.93. The minimum atomic E-state index is 0.202. The van der Waals surface area contributed by atoms with Crippen LogP contribution in [0.5, 0.6) is 0 Å². The van der Waals surface area contributed by atoms with Gasteiger partial charge in [-0.2, -0.15) is 0 Å². The topological polar surface area (TPSA) is 24.6 Å². The number of hydrogen-bond donors (Lipinski definition) is 1. The summed E-state index contributed by atoms with van der Waals surface area (Å²) in [6.07, 6.45) is 0. The highest BCUT2D eigenvalue weighted by atomic mass is 32.2. The fraction of sp³-hybridized carbons (Fsp3) is 1.00. The van der Waals surface area contributed by atoms with Crippen LogP contribution in [0.3, 0.4) is 0 Å². The molecular weight excluding hydrogens is 146 g/mol. The van der Waals surface area contributed by atoms with E-state index in [0.717, 1.165) is 12.4 Å². The molecule has 1 fully saturated rings. The SMILES string of the molecule is CC.CNSCC1(C)CO1. The van der Waals surface area contributed by atoms with E-state index in [0.29, 0.717) is 0 Å². The van der Waals surface area contributed by atoms with Crippen molar-refractivity contribution in [3.05, 3.63) is 0 Å². The standard InChI is InChI=1S/C5H11NOS.C2H6/c1-5(3-7-5)4-8-6-2;1-2/h6H,3-4H2,1-2H3;1-2H3. The van der Waals surface area contributed by atoms with Gasteiger partial charge in [0.25, 0.3) is 0 Å². The summed E-state index contributed by atoms with van der Waals surface area (Å²) in [5.74, 6) is 1.06. The maximum absolute atomic E-state index is 5.14. The lowest BCUT2D eigenvalue weighted by Crippen LogP contribution is -2.10. The molecule has 0 radical (unpaired) electrons. The van der Waals surface area contributed by atoms with Crippen molar-refractivity contribution in [1.29, 1.82) is 0 Å². The van der Waals surface area contributed by atoms with Crippen molar-refractivity contribution in [2.45, 2.75) is 26.4 Å². The van der Waals surface area contributed by atoms with Crippen molar-refractivity contribution >= 4 is 11.9 Å². The van der Waals surface area contributed by atoms with Gasteiger partial charge in [0.05, 0.1) is 12.2 Å². The molecule has 0 spiro atoms. The van der Waals surface area contributed by atoms with E-state index in [1.54, 1.807) is 11.9 Å². The Morgan fingerprint density at radius 2 is 2.10 bits per heavy atom. The maximum Gasteiger partial charge on any atom is 0.0991 e. The molecule has 0 aliphatic carbocycles. The molecule has 2 nitrogen and oxygen atoms in total. The predicted octanol–water partition coefficient (Wildman–Crippen LogP) is 1.67. The molecule has 62 valence electrons. The molecule has 0 aromatic heterocycles. The van der Waals surface area contributed by atoms with Gasteiger partial charge in [-0.3, -0.25) is 4.72 Å². The van der Waals surface area contributed by atoms with E-state index in [2.05, 4.69) is 11.6 Å². The Morgan fingerprint density at radius 1 is 1.60 bits per heavy atom. The summed E-state index contributed by atoms with van der Waals surface area (Å²) in [6.45, 7) is 7.05. The van der Waals surface area contributed by atoms with Crippen LogP contribution in [0.25, 0.3) is 0 Å². The number of epoxide rings is 1. The van der Waals surface area contributed by atoms with Gasteiger partial charge in [-0.25, -0.2) is 0 Å². The third-order valence-electron chi connectivity index (χ3n) is 1.16. The molecule has 3 heteroatoms. The first kappa shape index (κ1) is 10.3. The largest absolute Gasteiger partial charge is 0.369 e. The van der Waals surface area contributed by atoms with Crippen LogP contribution in [0.15, 0.2) is 0 Å². The van der Waals surface area contributed by atoms with Crippen molar-refractivity contribution < 1.29 is 4.74 Å². The average molecular weight is 163 g/mol. The van der Waals surface area contributed by atoms with Gasteiger partial charge in [0.2, 0.25) is 0 Å². The summed E-state index contributed by atoms with van der Waals surface area (Å²) in [5.41, 5.74) is 0.202. The molecule has 0 aromatic carbocycles. The zero-order valence-corrected chi connectivity index (χ0v) is 8.05. The van der Waals surface area contributed by atoms with Crippen LogP contribution in [-0.4, -0.2) is 25.0 Å². The van der Waals surface area contributed by atoms with Crippen molar-refractivity contribution in [2.24, 2.45) is 0 Å². The first-order valence-corrected chi connectivity index (χ1v) is 4.68. The summed E-state index contributed by atoms with van der Waals surface area (Å²) >= 11 is 1.70. The summed E-state index contributed by atoms with van der Waals surface area (Å²) in [4.78, 5) is 0. The number of hydrogen-bond acceptors (Lipinski definition) is 3. The van der Waals surface area contributed by atoms with E-state index in [1.807, 2.05) is 20.9 Å². The second-order valence-electron chi connectivity index (χ2n) is 2.23. The molecule has 1 N–H and O–H groups in total. The Labute approximate surface area is 67.9 Å². The summed E-state index contributed by atoms with van der Waals surface area (Å²) < 4.78 is 8.14. The van der Waals surface area contributed by atoms with Crippen molar-refractivity contribution in [3.8, 4) is 0 Å². The summed E-state index contributed by atoms with van der Waals surface area (Å²) in [6, 6.07) is 0. The van der Waals surface area contributed by atoms with Crippen LogP contribution in [-0.2, 0) is 4.74 Å². The van der Waals surface area contributed by atoms with E-state index < -0.39 is 0 Å². The molecule has 1 rings (SSSR count). The van der Waals surface area contributed by atoms with Gasteiger partial charge in [-0.05, 0) is 14.0 Å². The Bertz CT molecular complexity index is 83.7. The van der Waals surface area contributed by atoms with E-state index in [-0.39, 0.29) is 5.60 Å². The minimum absolute atomic E-state index is 0.202. The van der Waals surface area contributed by atoms with Crippen LogP contribution in [0.1, 0.15) is 20.8 Å². The molecule has 0 bridgehead atoms. The Balaban J connectivity index is 0.000000371. The zero-order chi connectivity index (χ0) is 8.04. The van der Waals surface area contributed by atoms with E-state index in [1.165, 1.54) is 0 Å². The van der Waals surface area contributed by atoms with Gasteiger partial charge < -0.3 is 4.74 Å². The fourth-order valence-electron chi connectivity index (χ4n) is 0.431. The van der Waals surface area contributed by atoms with Crippen molar-refractivity contribution in [1.82, 2.24) is 4.72 Å². The van der Waals surface area contributed by atoms with E-state index in [4.69, 9.17) is 4.74 Å². The van der Waals surface area contributed by atoms with Crippen LogP contribution in [0.4, 0.5) is 0 Å². The quantitative estimate of drug-likeness (QED) is 0.506. The molecule has 1 atom stereocenters. The van der Waals surface area contributed by atoms with Crippen LogP contribution < -0.4 is 4.72 Å². The molecule has 1 aliphatic rings. The van der Waals surface area contributed by atoms with E-state index in [9.17, 15) is 0 Å². The Kier molecular flexibility index (Phi) is 5.13. The highest BCUT2D eigenvalue weighted by Crippen LogP contribution is 2.28. The third kappa shape index (κ3) is 4.14. The van der Waals surface area contributed by atoms with Crippen LogP contribution in [0, 0.1) is 0 Å². The molecule has 1 aliphatic heterocycles. The van der Waals surface area contributed by atoms with Gasteiger partial charge >= 0.3 is 0 Å². The lowest BCUT2D eigenvalue weighted by molar-refractivity contribution is 0.348. The van der Waals surface area contributed by atoms with Gasteiger partial charge in [0.15, 0.2) is 0 Å². The maximum atomic E-state index is 5.14. The molecule has 0 aromatic rings. The van der Waals surface area contributed by atoms with Gasteiger partial charge in [-0.1, -0.05) is 25.8 Å². The smallest absolute Gasteiger partial charge is 0.0991 e. The molecule has 1 unspecified atom stereocenters. The highest BCUT2D eigenvalue weighted by Gasteiger charge is 2.38. The number of ether oxygens (including phenoxy) is 1. The number of nitrogens with one attached hydrogen (secondary N) is 1. The minimum Gasteiger partial charge on any atom is -0.369 e. The molecule has 1 saturated heterocycles. The predicted molar refractivity (Wildman–Crippen MR) is 47.2 cm³/mol. The highest BCUT2D eigenvalue weighted by molar-refractivity contribution is 7.97. The monoisotopic (exact) mass is 163 g/mol. The lowest BCUT2D eigenvalue weighted by Gasteiger charge is -2.00. The second kappa shape index (κ2) is 4.99. The fourth-order valence-corrected chi connectivity index (χ4v) is 1.05. The zero-order valence-electron chi connectivity index (χ0n) is 7.23. The average Bonchev–Trinajstić information content (AvgIpc) is 2.70. The molecule has 10 heavy (non-hydrogen) atoms. The van der Waals surface area contributed by atoms with Gasteiger partial charge in [0.1, 0.15) is 0 Å². The van der Waals surface area contributed by atoms with E-state index >= 15 is 0 Å². The Morgan fingerprint density at radius 3 is 2.40 bits per heavy atom. The first-order valence-electron chi connectivity index (χ1n) is 3.69. The molecule has 0 saturated carbocycles. The third-order valence-corrected chi connectivity index (χ3v) is 2.20. The second-order valence-corrected chi connectivity index (χ2v) is 3.22. The van der Waals surface area contributed by atoms with Gasteiger partial charge in [0, 0.05) is 5.75 Å². The first-order chi connectivity index (χ1) is 4.77. The molecular formula is C7H17NOS. The summed E-state index contributed by atoms with van der Waals surface area (Å²) in [5, 5.41) is 0. The number of rotatable bonds is 3. The molecule has 1 heterocycles. The van der Waals surface area contributed by atoms with Crippen molar-refractivity contribution in [2.75, 3.05) is 19.4 Å².